The number of aromatic nitrogens is 4. The van der Waals surface area contributed by atoms with Crippen LogP contribution in [0, 0.1) is 5.92 Å². The molecule has 30 heavy (non-hydrogen) atoms. The van der Waals surface area contributed by atoms with Crippen molar-refractivity contribution in [1.82, 2.24) is 19.7 Å². The Labute approximate surface area is 172 Å². The summed E-state index contributed by atoms with van der Waals surface area (Å²) in [6.07, 6.45) is 0. The van der Waals surface area contributed by atoms with Crippen LogP contribution >= 0.6 is 0 Å². The van der Waals surface area contributed by atoms with E-state index >= 15 is 0 Å². The minimum Gasteiger partial charge on any atom is -0.453 e. The minimum absolute atomic E-state index is 0.0830. The van der Waals surface area contributed by atoms with Crippen molar-refractivity contribution in [2.75, 3.05) is 5.73 Å². The number of rotatable bonds is 5. The number of fused-ring (bicyclic) bond motifs is 2. The fourth-order valence-corrected chi connectivity index (χ4v) is 3.27. The molecule has 0 aliphatic rings. The number of nitrogens with zero attached hydrogens (tertiary/aromatic N) is 4. The Bertz CT molecular complexity index is 1310. The van der Waals surface area contributed by atoms with Crippen molar-refractivity contribution >= 4 is 33.5 Å². The highest BCUT2D eigenvalue weighted by Gasteiger charge is 2.19. The van der Waals surface area contributed by atoms with Crippen molar-refractivity contribution in [3.05, 3.63) is 70.4 Å². The molecule has 0 atom stereocenters. The summed E-state index contributed by atoms with van der Waals surface area (Å²) in [5, 5.41) is 5.89. The molecule has 0 radical (unpaired) electrons. The Morgan fingerprint density at radius 1 is 1.03 bits per heavy atom. The second-order valence-electron chi connectivity index (χ2n) is 7.39. The van der Waals surface area contributed by atoms with Gasteiger partial charge in [-0.1, -0.05) is 44.2 Å². The molecule has 0 fully saturated rings. The van der Waals surface area contributed by atoms with Crippen molar-refractivity contribution < 1.29 is 9.53 Å². The molecule has 2 heterocycles. The molecule has 0 aliphatic heterocycles. The number of hydrogen-bond acceptors (Lipinski definition) is 7. The van der Waals surface area contributed by atoms with E-state index in [1.807, 2.05) is 38.1 Å². The molecule has 0 saturated carbocycles. The third-order valence-corrected chi connectivity index (χ3v) is 4.61. The molecule has 0 bridgehead atoms. The third kappa shape index (κ3) is 3.71. The van der Waals surface area contributed by atoms with Crippen LogP contribution in [0.2, 0.25) is 0 Å². The van der Waals surface area contributed by atoms with E-state index in [1.165, 1.54) is 4.68 Å². The number of carbonyl (C=O) groups is 1. The molecule has 0 spiro atoms. The molecule has 2 aromatic carbocycles. The van der Waals surface area contributed by atoms with Crippen LogP contribution in [0.15, 0.2) is 53.3 Å². The molecule has 2 N–H and O–H groups in total. The highest BCUT2D eigenvalue weighted by Crippen LogP contribution is 2.18. The van der Waals surface area contributed by atoms with Crippen molar-refractivity contribution in [3.63, 3.8) is 0 Å². The third-order valence-electron chi connectivity index (χ3n) is 4.61. The summed E-state index contributed by atoms with van der Waals surface area (Å²) in [5.74, 6) is 0.147. The lowest BCUT2D eigenvalue weighted by Gasteiger charge is -2.12. The number of benzene rings is 2. The SMILES string of the molecule is CC(C)Cn1nc(C(=O)OCc2nc(N)c3ccccc3n2)c2ccccc2c1=O. The van der Waals surface area contributed by atoms with E-state index in [-0.39, 0.29) is 23.8 Å². The van der Waals surface area contributed by atoms with Gasteiger partial charge < -0.3 is 10.5 Å². The summed E-state index contributed by atoms with van der Waals surface area (Å²) in [4.78, 5) is 34.1. The van der Waals surface area contributed by atoms with Gasteiger partial charge in [0.2, 0.25) is 0 Å². The Hall–Kier alpha value is -3.81. The number of nitrogen functional groups attached to an aromatic ring is 1. The van der Waals surface area contributed by atoms with Crippen molar-refractivity contribution in [2.24, 2.45) is 5.92 Å². The maximum absolute atomic E-state index is 12.8. The highest BCUT2D eigenvalue weighted by molar-refractivity contribution is 6.02. The van der Waals surface area contributed by atoms with Gasteiger partial charge in [-0.05, 0) is 24.1 Å². The van der Waals surface area contributed by atoms with Gasteiger partial charge in [0, 0.05) is 17.3 Å². The molecule has 4 aromatic rings. The van der Waals surface area contributed by atoms with Crippen LogP contribution in [-0.4, -0.2) is 25.7 Å². The van der Waals surface area contributed by atoms with Gasteiger partial charge in [-0.2, -0.15) is 5.10 Å². The molecule has 0 aliphatic carbocycles. The van der Waals surface area contributed by atoms with Gasteiger partial charge in [0.25, 0.3) is 5.56 Å². The summed E-state index contributed by atoms with van der Waals surface area (Å²) < 4.78 is 6.74. The van der Waals surface area contributed by atoms with Gasteiger partial charge in [0.15, 0.2) is 18.1 Å². The van der Waals surface area contributed by atoms with E-state index in [9.17, 15) is 9.59 Å². The maximum atomic E-state index is 12.8. The summed E-state index contributed by atoms with van der Waals surface area (Å²) in [7, 11) is 0. The average molecular weight is 403 g/mol. The van der Waals surface area contributed by atoms with E-state index < -0.39 is 5.97 Å². The number of hydrogen-bond donors (Lipinski definition) is 1. The largest absolute Gasteiger partial charge is 0.453 e. The van der Waals surface area contributed by atoms with Gasteiger partial charge in [-0.3, -0.25) is 4.79 Å². The predicted octanol–water partition coefficient (Wildman–Crippen LogP) is 2.93. The van der Waals surface area contributed by atoms with E-state index in [2.05, 4.69) is 15.1 Å². The van der Waals surface area contributed by atoms with E-state index in [0.717, 1.165) is 5.39 Å². The van der Waals surface area contributed by atoms with Gasteiger partial charge in [0.1, 0.15) is 5.82 Å². The molecular formula is C22H21N5O3. The molecular weight excluding hydrogens is 382 g/mol. The summed E-state index contributed by atoms with van der Waals surface area (Å²) in [6, 6.07) is 14.2. The monoisotopic (exact) mass is 403 g/mol. The van der Waals surface area contributed by atoms with Crippen LogP contribution in [-0.2, 0) is 17.9 Å². The number of ether oxygens (including phenoxy) is 1. The Balaban J connectivity index is 1.66. The van der Waals surface area contributed by atoms with Crippen LogP contribution in [0.4, 0.5) is 5.82 Å². The number of carbonyl (C=O) groups excluding carboxylic acids is 1. The van der Waals surface area contributed by atoms with Gasteiger partial charge in [0.05, 0.1) is 10.9 Å². The fourth-order valence-electron chi connectivity index (χ4n) is 3.27. The zero-order valence-corrected chi connectivity index (χ0v) is 16.7. The van der Waals surface area contributed by atoms with Crippen LogP contribution in [0.5, 0.6) is 0 Å². The van der Waals surface area contributed by atoms with Gasteiger partial charge in [-0.15, -0.1) is 0 Å². The molecule has 0 amide bonds. The Kier molecular flexibility index (Phi) is 5.14. The molecule has 0 saturated heterocycles. The number of esters is 1. The highest BCUT2D eigenvalue weighted by atomic mass is 16.5. The van der Waals surface area contributed by atoms with E-state index in [0.29, 0.717) is 34.5 Å². The number of nitrogens with two attached hydrogens (primary N) is 1. The van der Waals surface area contributed by atoms with Gasteiger partial charge in [-0.25, -0.2) is 19.4 Å². The first-order valence-corrected chi connectivity index (χ1v) is 9.62. The topological polar surface area (TPSA) is 113 Å². The Morgan fingerprint density at radius 2 is 1.70 bits per heavy atom. The maximum Gasteiger partial charge on any atom is 0.359 e. The van der Waals surface area contributed by atoms with E-state index in [1.54, 1.807) is 24.3 Å². The zero-order valence-electron chi connectivity index (χ0n) is 16.7. The molecule has 2 aromatic heterocycles. The molecule has 152 valence electrons. The molecule has 8 heteroatoms. The van der Waals surface area contributed by atoms with Crippen LogP contribution < -0.4 is 11.3 Å². The fraction of sp³-hybridized carbons (Fsp3) is 0.227. The summed E-state index contributed by atoms with van der Waals surface area (Å²) in [6.45, 7) is 4.19. The normalized spacial score (nSPS) is 11.3. The molecule has 8 nitrogen and oxygen atoms in total. The first-order chi connectivity index (χ1) is 14.4. The zero-order chi connectivity index (χ0) is 21.3. The lowest BCUT2D eigenvalue weighted by molar-refractivity contribution is 0.0455. The molecule has 0 unspecified atom stereocenters. The lowest BCUT2D eigenvalue weighted by atomic mass is 10.1. The second kappa shape index (κ2) is 7.90. The van der Waals surface area contributed by atoms with Crippen LogP contribution in [0.25, 0.3) is 21.7 Å². The number of para-hydroxylation sites is 1. The summed E-state index contributed by atoms with van der Waals surface area (Å²) >= 11 is 0. The van der Waals surface area contributed by atoms with Crippen molar-refractivity contribution in [1.29, 1.82) is 0 Å². The van der Waals surface area contributed by atoms with E-state index in [4.69, 9.17) is 10.5 Å². The average Bonchev–Trinajstić information content (AvgIpc) is 2.74. The lowest BCUT2D eigenvalue weighted by Crippen LogP contribution is -2.28. The standard InChI is InChI=1S/C22H21N5O3/c1-13(2)11-27-21(28)15-8-4-3-7-14(15)19(26-27)22(29)30-12-18-24-17-10-6-5-9-16(17)20(23)25-18/h3-10,13H,11-12H2,1-2H3,(H2,23,24,25). The van der Waals surface area contributed by atoms with Crippen LogP contribution in [0.3, 0.4) is 0 Å². The summed E-state index contributed by atoms with van der Waals surface area (Å²) in [5.41, 5.74) is 6.51. The van der Waals surface area contributed by atoms with Crippen LogP contribution in [0.1, 0.15) is 30.2 Å². The number of anilines is 1. The smallest absolute Gasteiger partial charge is 0.359 e. The predicted molar refractivity (Wildman–Crippen MR) is 114 cm³/mol. The Morgan fingerprint density at radius 3 is 2.43 bits per heavy atom. The van der Waals surface area contributed by atoms with Crippen molar-refractivity contribution in [2.45, 2.75) is 27.0 Å². The minimum atomic E-state index is -0.654. The molecule has 4 rings (SSSR count). The quantitative estimate of drug-likeness (QED) is 0.510. The first-order valence-electron chi connectivity index (χ1n) is 9.62. The van der Waals surface area contributed by atoms with Gasteiger partial charge >= 0.3 is 5.97 Å². The van der Waals surface area contributed by atoms with Crippen molar-refractivity contribution in [3.8, 4) is 0 Å². The first kappa shape index (κ1) is 19.5. The second-order valence-corrected chi connectivity index (χ2v) is 7.39.